The summed E-state index contributed by atoms with van der Waals surface area (Å²) in [5.41, 5.74) is 1.65. The summed E-state index contributed by atoms with van der Waals surface area (Å²) in [5.74, 6) is 0.946. The highest BCUT2D eigenvalue weighted by molar-refractivity contribution is 7.99. The van der Waals surface area contributed by atoms with Crippen LogP contribution in [0.1, 0.15) is 19.5 Å². The number of nitrogens with zero attached hydrogens (tertiary/aromatic N) is 1. The molecular formula is C14H20N2O2S2. The average molecular weight is 312 g/mol. The van der Waals surface area contributed by atoms with Crippen molar-refractivity contribution in [1.82, 2.24) is 4.57 Å². The maximum Gasteiger partial charge on any atom is 0.240 e. The van der Waals surface area contributed by atoms with Crippen LogP contribution in [0.5, 0.6) is 0 Å². The zero-order valence-electron chi connectivity index (χ0n) is 12.0. The monoisotopic (exact) mass is 312 g/mol. The Kier molecular flexibility index (Phi) is 4.46. The van der Waals surface area contributed by atoms with Gasteiger partial charge in [-0.05, 0) is 18.2 Å². The lowest BCUT2D eigenvalue weighted by Gasteiger charge is -2.09. The van der Waals surface area contributed by atoms with Gasteiger partial charge in [-0.15, -0.1) is 0 Å². The molecule has 0 spiro atoms. The third-order valence-electron chi connectivity index (χ3n) is 3.22. The predicted octanol–water partition coefficient (Wildman–Crippen LogP) is 2.74. The van der Waals surface area contributed by atoms with Crippen LogP contribution in [0.3, 0.4) is 0 Å². The second-order valence-electron chi connectivity index (χ2n) is 5.05. The van der Waals surface area contributed by atoms with Crippen molar-refractivity contribution >= 4 is 32.7 Å². The maximum atomic E-state index is 11.8. The van der Waals surface area contributed by atoms with Crippen molar-refractivity contribution in [3.05, 3.63) is 30.0 Å². The van der Waals surface area contributed by atoms with E-state index in [0.717, 1.165) is 23.5 Å². The lowest BCUT2D eigenvalue weighted by Crippen LogP contribution is -2.14. The van der Waals surface area contributed by atoms with Gasteiger partial charge in [-0.1, -0.05) is 32.0 Å². The normalized spacial score (nSPS) is 12.4. The maximum absolute atomic E-state index is 11.8. The molecule has 20 heavy (non-hydrogen) atoms. The van der Waals surface area contributed by atoms with Gasteiger partial charge in [0.1, 0.15) is 4.90 Å². The quantitative estimate of drug-likeness (QED) is 0.923. The number of nitrogens with two attached hydrogens (primary N) is 1. The van der Waals surface area contributed by atoms with Gasteiger partial charge in [-0.25, -0.2) is 13.6 Å². The Morgan fingerprint density at radius 2 is 1.95 bits per heavy atom. The summed E-state index contributed by atoms with van der Waals surface area (Å²) in [4.78, 5) is 0.252. The second-order valence-corrected chi connectivity index (χ2v) is 8.23. The molecule has 0 aliphatic carbocycles. The Balaban J connectivity index is 2.52. The fourth-order valence-electron chi connectivity index (χ4n) is 2.43. The highest BCUT2D eigenvalue weighted by atomic mass is 32.2. The topological polar surface area (TPSA) is 65.1 Å². The zero-order chi connectivity index (χ0) is 14.9. The lowest BCUT2D eigenvalue weighted by atomic mass is 10.2. The van der Waals surface area contributed by atoms with Gasteiger partial charge in [0, 0.05) is 28.9 Å². The van der Waals surface area contributed by atoms with E-state index in [2.05, 4.69) is 13.8 Å². The van der Waals surface area contributed by atoms with Crippen molar-refractivity contribution in [1.29, 1.82) is 0 Å². The number of benzene rings is 1. The number of sulfonamides is 1. The largest absolute Gasteiger partial charge is 0.343 e. The van der Waals surface area contributed by atoms with Crippen molar-refractivity contribution < 1.29 is 8.42 Å². The summed E-state index contributed by atoms with van der Waals surface area (Å²) < 4.78 is 25.7. The molecule has 0 unspecified atom stereocenters. The van der Waals surface area contributed by atoms with Crippen molar-refractivity contribution in [3.63, 3.8) is 0 Å². The Hall–Kier alpha value is -0.980. The molecule has 0 atom stereocenters. The molecule has 4 nitrogen and oxygen atoms in total. The van der Waals surface area contributed by atoms with Gasteiger partial charge in [-0.3, -0.25) is 0 Å². The Morgan fingerprint density at radius 3 is 2.55 bits per heavy atom. The van der Waals surface area contributed by atoms with Crippen molar-refractivity contribution in [3.8, 4) is 0 Å². The van der Waals surface area contributed by atoms with Crippen LogP contribution >= 0.6 is 11.8 Å². The number of hydrogen-bond donors (Lipinski definition) is 1. The van der Waals surface area contributed by atoms with E-state index in [0.29, 0.717) is 10.6 Å². The van der Waals surface area contributed by atoms with E-state index in [4.69, 9.17) is 5.14 Å². The van der Waals surface area contributed by atoms with Crippen molar-refractivity contribution in [2.24, 2.45) is 5.14 Å². The van der Waals surface area contributed by atoms with E-state index < -0.39 is 10.0 Å². The average Bonchev–Trinajstić information content (AvgIpc) is 2.61. The summed E-state index contributed by atoms with van der Waals surface area (Å²) in [7, 11) is -3.71. The first-order valence-electron chi connectivity index (χ1n) is 6.54. The molecule has 110 valence electrons. The van der Waals surface area contributed by atoms with Crippen LogP contribution in [0.25, 0.3) is 10.9 Å². The molecule has 0 aliphatic rings. The van der Waals surface area contributed by atoms with E-state index in [1.165, 1.54) is 0 Å². The Labute approximate surface area is 124 Å². The van der Waals surface area contributed by atoms with Crippen LogP contribution in [-0.2, 0) is 16.6 Å². The van der Waals surface area contributed by atoms with Crippen LogP contribution in [0, 0.1) is 6.92 Å². The van der Waals surface area contributed by atoms with Gasteiger partial charge in [0.05, 0.1) is 0 Å². The van der Waals surface area contributed by atoms with Crippen LogP contribution in [0.2, 0.25) is 0 Å². The Bertz CT molecular complexity index is 718. The smallest absolute Gasteiger partial charge is 0.240 e. The highest BCUT2D eigenvalue weighted by Crippen LogP contribution is 2.29. The number of aromatic nitrogens is 1. The van der Waals surface area contributed by atoms with E-state index in [-0.39, 0.29) is 4.90 Å². The second kappa shape index (κ2) is 5.79. The van der Waals surface area contributed by atoms with E-state index >= 15 is 0 Å². The van der Waals surface area contributed by atoms with Crippen molar-refractivity contribution in [2.75, 3.05) is 5.75 Å². The molecule has 0 amide bonds. The standard InChI is InChI=1S/C14H20N2O2S2/c1-10(2)19-9-8-16-11(3)14(20(15,17)18)12-6-4-5-7-13(12)16/h4-7,10H,8-9H2,1-3H3,(H2,15,17,18). The number of hydrogen-bond acceptors (Lipinski definition) is 3. The van der Waals surface area contributed by atoms with Gasteiger partial charge >= 0.3 is 0 Å². The van der Waals surface area contributed by atoms with Gasteiger partial charge in [-0.2, -0.15) is 11.8 Å². The molecule has 0 saturated carbocycles. The van der Waals surface area contributed by atoms with Gasteiger partial charge in [0.15, 0.2) is 0 Å². The number of fused-ring (bicyclic) bond motifs is 1. The SMILES string of the molecule is Cc1c(S(N)(=O)=O)c2ccccc2n1CCSC(C)C. The van der Waals surface area contributed by atoms with Gasteiger partial charge in [0.2, 0.25) is 10.0 Å². The molecule has 0 aliphatic heterocycles. The van der Waals surface area contributed by atoms with Crippen LogP contribution < -0.4 is 5.14 Å². The molecule has 2 aromatic rings. The van der Waals surface area contributed by atoms with Gasteiger partial charge < -0.3 is 4.57 Å². The third-order valence-corrected chi connectivity index (χ3v) is 5.39. The molecule has 0 radical (unpaired) electrons. The highest BCUT2D eigenvalue weighted by Gasteiger charge is 2.21. The first-order valence-corrected chi connectivity index (χ1v) is 9.14. The molecule has 0 fully saturated rings. The molecule has 1 heterocycles. The number of rotatable bonds is 5. The molecule has 1 aromatic heterocycles. The first-order chi connectivity index (χ1) is 9.32. The molecule has 1 aromatic carbocycles. The van der Waals surface area contributed by atoms with Crippen LogP contribution in [-0.4, -0.2) is 24.0 Å². The molecule has 2 rings (SSSR count). The number of primary sulfonamides is 1. The number of thioether (sulfide) groups is 1. The van der Waals surface area contributed by atoms with E-state index in [9.17, 15) is 8.42 Å². The minimum absolute atomic E-state index is 0.252. The number of para-hydroxylation sites is 1. The first kappa shape index (κ1) is 15.4. The summed E-state index contributed by atoms with van der Waals surface area (Å²) in [6, 6.07) is 7.51. The minimum atomic E-state index is -3.71. The summed E-state index contributed by atoms with van der Waals surface area (Å²) >= 11 is 1.86. The number of aryl methyl sites for hydroxylation is 1. The molecule has 0 saturated heterocycles. The van der Waals surface area contributed by atoms with E-state index in [1.54, 1.807) is 0 Å². The fraction of sp³-hybridized carbons (Fsp3) is 0.429. The minimum Gasteiger partial charge on any atom is -0.343 e. The molecular weight excluding hydrogens is 292 g/mol. The lowest BCUT2D eigenvalue weighted by molar-refractivity contribution is 0.597. The van der Waals surface area contributed by atoms with Crippen molar-refractivity contribution in [2.45, 2.75) is 37.5 Å². The van der Waals surface area contributed by atoms with Crippen LogP contribution in [0.15, 0.2) is 29.2 Å². The summed E-state index contributed by atoms with van der Waals surface area (Å²) in [6.07, 6.45) is 0. The summed E-state index contributed by atoms with van der Waals surface area (Å²) in [6.45, 7) is 6.91. The summed E-state index contributed by atoms with van der Waals surface area (Å²) in [5, 5.41) is 6.64. The van der Waals surface area contributed by atoms with Gasteiger partial charge in [0.25, 0.3) is 0 Å². The molecule has 6 heteroatoms. The molecule has 0 bridgehead atoms. The van der Waals surface area contributed by atoms with Crippen LogP contribution in [0.4, 0.5) is 0 Å². The van der Waals surface area contributed by atoms with E-state index in [1.807, 2.05) is 47.5 Å². The fourth-order valence-corrected chi connectivity index (χ4v) is 4.19. The third kappa shape index (κ3) is 3.02. The molecule has 2 N–H and O–H groups in total. The Morgan fingerprint density at radius 1 is 1.30 bits per heavy atom. The predicted molar refractivity (Wildman–Crippen MR) is 85.6 cm³/mol. The zero-order valence-corrected chi connectivity index (χ0v) is 13.6.